The van der Waals surface area contributed by atoms with Gasteiger partial charge < -0.3 is 19.5 Å². The number of amides is 1. The van der Waals surface area contributed by atoms with E-state index in [0.717, 1.165) is 11.1 Å². The largest absolute Gasteiger partial charge is 0.507 e. The zero-order valence-corrected chi connectivity index (χ0v) is 22.1. The number of Topliss-reactive ketones (excluding diaryl/α,β-unsaturated/α-hetero) is 1. The molecule has 1 saturated heterocycles. The van der Waals surface area contributed by atoms with Crippen LogP contribution in [0.15, 0.2) is 72.3 Å². The van der Waals surface area contributed by atoms with Crippen LogP contribution >= 0.6 is 23.2 Å². The summed E-state index contributed by atoms with van der Waals surface area (Å²) in [5.74, 6) is -1.11. The molecule has 0 spiro atoms. The Morgan fingerprint density at radius 2 is 1.76 bits per heavy atom. The fraction of sp³-hybridized carbons (Fsp3) is 0.241. The Balaban J connectivity index is 1.65. The van der Waals surface area contributed by atoms with Crippen molar-refractivity contribution >= 4 is 40.7 Å². The Kier molecular flexibility index (Phi) is 8.54. The zero-order valence-electron chi connectivity index (χ0n) is 20.5. The Hall–Kier alpha value is -3.32. The third-order valence-electron chi connectivity index (χ3n) is 6.16. The number of likely N-dealkylation sites (tertiary alicyclic amines) is 1. The summed E-state index contributed by atoms with van der Waals surface area (Å²) in [5.41, 5.74) is 3.15. The minimum Gasteiger partial charge on any atom is -0.507 e. The van der Waals surface area contributed by atoms with Gasteiger partial charge in [0.2, 0.25) is 0 Å². The highest BCUT2D eigenvalue weighted by molar-refractivity contribution is 6.46. The van der Waals surface area contributed by atoms with Gasteiger partial charge in [-0.25, -0.2) is 0 Å². The van der Waals surface area contributed by atoms with Crippen LogP contribution in [-0.4, -0.2) is 42.0 Å². The second-order valence-electron chi connectivity index (χ2n) is 8.81. The molecule has 1 amide bonds. The number of methoxy groups -OCH3 is 1. The van der Waals surface area contributed by atoms with E-state index in [-0.39, 0.29) is 22.9 Å². The van der Waals surface area contributed by atoms with Crippen molar-refractivity contribution in [1.82, 2.24) is 4.90 Å². The van der Waals surface area contributed by atoms with E-state index >= 15 is 0 Å². The second kappa shape index (κ2) is 11.8. The summed E-state index contributed by atoms with van der Waals surface area (Å²) in [4.78, 5) is 27.6. The van der Waals surface area contributed by atoms with Gasteiger partial charge in [-0.15, -0.1) is 0 Å². The summed E-state index contributed by atoms with van der Waals surface area (Å²) >= 11 is 12.3. The number of carbonyl (C=O) groups excluding carboxylic acids is 2. The standard InChI is InChI=1S/C29H27Cl2NO5/c1-18-5-3-6-19(15-18)17-37-22-10-7-20(8-11-22)27(33)25-26(21-9-12-23(30)24(31)16-21)32(13-4-14-36-2)29(35)28(25)34/h3,5-12,15-16,26,33H,4,13-14,17H2,1-2H3. The molecule has 3 aromatic carbocycles. The van der Waals surface area contributed by atoms with Crippen molar-refractivity contribution in [2.45, 2.75) is 26.0 Å². The maximum atomic E-state index is 13.1. The molecule has 1 atom stereocenters. The number of hydrogen-bond donors (Lipinski definition) is 1. The molecule has 0 bridgehead atoms. The highest BCUT2D eigenvalue weighted by Gasteiger charge is 2.45. The van der Waals surface area contributed by atoms with Gasteiger partial charge in [0.15, 0.2) is 0 Å². The van der Waals surface area contributed by atoms with Crippen molar-refractivity contribution in [1.29, 1.82) is 0 Å². The van der Waals surface area contributed by atoms with Crippen molar-refractivity contribution in [2.24, 2.45) is 0 Å². The Morgan fingerprint density at radius 1 is 1.00 bits per heavy atom. The average Bonchev–Trinajstić information content (AvgIpc) is 3.14. The topological polar surface area (TPSA) is 76.1 Å². The number of rotatable bonds is 9. The van der Waals surface area contributed by atoms with E-state index in [9.17, 15) is 14.7 Å². The lowest BCUT2D eigenvalue weighted by Gasteiger charge is -2.25. The van der Waals surface area contributed by atoms with Gasteiger partial charge in [-0.3, -0.25) is 9.59 Å². The fourth-order valence-corrected chi connectivity index (χ4v) is 4.66. The molecule has 4 rings (SSSR count). The first-order valence-electron chi connectivity index (χ1n) is 11.8. The highest BCUT2D eigenvalue weighted by atomic mass is 35.5. The van der Waals surface area contributed by atoms with Gasteiger partial charge in [0, 0.05) is 25.8 Å². The van der Waals surface area contributed by atoms with E-state index < -0.39 is 17.7 Å². The predicted molar refractivity (Wildman–Crippen MR) is 144 cm³/mol. The fourth-order valence-electron chi connectivity index (χ4n) is 4.35. The summed E-state index contributed by atoms with van der Waals surface area (Å²) < 4.78 is 11.0. The number of aryl methyl sites for hydroxylation is 1. The molecule has 8 heteroatoms. The van der Waals surface area contributed by atoms with Crippen molar-refractivity contribution in [2.75, 3.05) is 20.3 Å². The van der Waals surface area contributed by atoms with Crippen LogP contribution in [0.3, 0.4) is 0 Å². The third kappa shape index (κ3) is 5.99. The number of ether oxygens (including phenoxy) is 2. The van der Waals surface area contributed by atoms with Gasteiger partial charge in [-0.1, -0.05) is 59.1 Å². The smallest absolute Gasteiger partial charge is 0.295 e. The summed E-state index contributed by atoms with van der Waals surface area (Å²) in [6, 6.07) is 18.9. The normalized spacial score (nSPS) is 16.9. The zero-order chi connectivity index (χ0) is 26.5. The molecule has 37 heavy (non-hydrogen) atoms. The molecule has 0 saturated carbocycles. The Labute approximate surface area is 226 Å². The molecule has 0 aromatic heterocycles. The van der Waals surface area contributed by atoms with Gasteiger partial charge >= 0.3 is 0 Å². The van der Waals surface area contributed by atoms with Gasteiger partial charge in [0.1, 0.15) is 18.1 Å². The van der Waals surface area contributed by atoms with Gasteiger partial charge in [0.05, 0.1) is 21.7 Å². The van der Waals surface area contributed by atoms with Crippen LogP contribution in [0.5, 0.6) is 5.75 Å². The number of halogens is 2. The number of ketones is 1. The third-order valence-corrected chi connectivity index (χ3v) is 6.90. The number of carbonyl (C=O) groups is 2. The van der Waals surface area contributed by atoms with E-state index in [4.69, 9.17) is 32.7 Å². The van der Waals surface area contributed by atoms with Crippen LogP contribution in [0.1, 0.15) is 34.7 Å². The minimum absolute atomic E-state index is 0.00534. The number of aliphatic hydroxyl groups is 1. The van der Waals surface area contributed by atoms with E-state index in [1.54, 1.807) is 49.6 Å². The van der Waals surface area contributed by atoms with Crippen molar-refractivity contribution < 1.29 is 24.2 Å². The minimum atomic E-state index is -0.816. The van der Waals surface area contributed by atoms with Crippen LogP contribution < -0.4 is 4.74 Å². The van der Waals surface area contributed by atoms with E-state index in [1.165, 1.54) is 4.90 Å². The van der Waals surface area contributed by atoms with Crippen LogP contribution in [0.2, 0.25) is 10.0 Å². The molecule has 1 aliphatic heterocycles. The lowest BCUT2D eigenvalue weighted by atomic mass is 9.95. The first-order chi connectivity index (χ1) is 17.8. The van der Waals surface area contributed by atoms with E-state index in [0.29, 0.717) is 41.5 Å². The van der Waals surface area contributed by atoms with Gasteiger partial charge in [-0.2, -0.15) is 0 Å². The average molecular weight is 540 g/mol. The molecular weight excluding hydrogens is 513 g/mol. The van der Waals surface area contributed by atoms with Crippen molar-refractivity contribution in [3.63, 3.8) is 0 Å². The molecule has 1 fully saturated rings. The summed E-state index contributed by atoms with van der Waals surface area (Å²) in [6.07, 6.45) is 0.522. The van der Waals surface area contributed by atoms with Crippen molar-refractivity contribution in [3.05, 3.63) is 105 Å². The number of nitrogens with zero attached hydrogens (tertiary/aromatic N) is 1. The number of benzene rings is 3. The SMILES string of the molecule is COCCCN1C(=O)C(=O)C(=C(O)c2ccc(OCc3cccc(C)c3)cc2)C1c1ccc(Cl)c(Cl)c1. The molecule has 192 valence electrons. The highest BCUT2D eigenvalue weighted by Crippen LogP contribution is 2.41. The predicted octanol–water partition coefficient (Wildman–Crippen LogP) is 6.34. The Morgan fingerprint density at radius 3 is 2.43 bits per heavy atom. The molecule has 1 heterocycles. The summed E-state index contributed by atoms with van der Waals surface area (Å²) in [5, 5.41) is 11.9. The van der Waals surface area contributed by atoms with Crippen LogP contribution in [-0.2, 0) is 20.9 Å². The molecule has 1 aliphatic rings. The second-order valence-corrected chi connectivity index (χ2v) is 9.63. The number of hydrogen-bond acceptors (Lipinski definition) is 5. The Bertz CT molecular complexity index is 1340. The van der Waals surface area contributed by atoms with E-state index in [1.807, 2.05) is 25.1 Å². The monoisotopic (exact) mass is 539 g/mol. The molecule has 0 aliphatic carbocycles. The number of aliphatic hydroxyl groups excluding tert-OH is 1. The summed E-state index contributed by atoms with van der Waals surface area (Å²) in [6.45, 7) is 3.11. The molecule has 1 unspecified atom stereocenters. The molecule has 0 radical (unpaired) electrons. The van der Waals surface area contributed by atoms with Gasteiger partial charge in [-0.05, 0) is 60.9 Å². The lowest BCUT2D eigenvalue weighted by Crippen LogP contribution is -2.31. The first-order valence-corrected chi connectivity index (χ1v) is 12.6. The molecule has 3 aromatic rings. The quantitative estimate of drug-likeness (QED) is 0.148. The van der Waals surface area contributed by atoms with Crippen LogP contribution in [0.25, 0.3) is 5.76 Å². The van der Waals surface area contributed by atoms with E-state index in [2.05, 4.69) is 6.07 Å². The molecule has 6 nitrogen and oxygen atoms in total. The molecular formula is C29H27Cl2NO5. The first kappa shape index (κ1) is 26.7. The lowest BCUT2D eigenvalue weighted by molar-refractivity contribution is -0.140. The van der Waals surface area contributed by atoms with Crippen LogP contribution in [0.4, 0.5) is 0 Å². The molecule has 1 N–H and O–H groups in total. The van der Waals surface area contributed by atoms with Crippen LogP contribution in [0, 0.1) is 6.92 Å². The van der Waals surface area contributed by atoms with Gasteiger partial charge in [0.25, 0.3) is 11.7 Å². The summed E-state index contributed by atoms with van der Waals surface area (Å²) in [7, 11) is 1.57. The van der Waals surface area contributed by atoms with Crippen molar-refractivity contribution in [3.8, 4) is 5.75 Å². The maximum Gasteiger partial charge on any atom is 0.295 e. The maximum absolute atomic E-state index is 13.1.